The van der Waals surface area contributed by atoms with Gasteiger partial charge in [0.2, 0.25) is 0 Å². The molecule has 2 rings (SSSR count). The highest BCUT2D eigenvalue weighted by Gasteiger charge is 2.23. The first-order valence-electron chi connectivity index (χ1n) is 6.80. The Morgan fingerprint density at radius 1 is 1.21 bits per heavy atom. The fourth-order valence-corrected chi connectivity index (χ4v) is 2.42. The van der Waals surface area contributed by atoms with Crippen LogP contribution in [-0.2, 0) is 6.54 Å². The molecule has 2 nitrogen and oxygen atoms in total. The Labute approximate surface area is 121 Å². The summed E-state index contributed by atoms with van der Waals surface area (Å²) < 4.78 is 0. The first kappa shape index (κ1) is 14.0. The number of unbranched alkanes of at least 4 members (excludes halogenated alkanes) is 1. The van der Waals surface area contributed by atoms with Crippen LogP contribution in [0.5, 0.6) is 0 Å². The van der Waals surface area contributed by atoms with Gasteiger partial charge in [-0.3, -0.25) is 0 Å². The molecule has 1 heterocycles. The molecule has 0 fully saturated rings. The fourth-order valence-electron chi connectivity index (χ4n) is 2.12. The minimum atomic E-state index is -0.0642. The quantitative estimate of drug-likeness (QED) is 0.566. The number of hydrogen-bond donors (Lipinski definition) is 0. The van der Waals surface area contributed by atoms with Gasteiger partial charge in [0.25, 0.3) is 0 Å². The number of nitrogens with zero attached hydrogens (tertiary/aromatic N) is 2. The molecule has 0 saturated heterocycles. The van der Waals surface area contributed by atoms with Crippen molar-refractivity contribution in [2.24, 2.45) is 0 Å². The highest BCUT2D eigenvalue weighted by molar-refractivity contribution is 6.20. The van der Waals surface area contributed by atoms with Gasteiger partial charge in [0.1, 0.15) is 0 Å². The van der Waals surface area contributed by atoms with Gasteiger partial charge in [-0.2, -0.15) is 0 Å². The Bertz CT molecular complexity index is 439. The molecule has 1 atom stereocenters. The zero-order chi connectivity index (χ0) is 13.7. The third kappa shape index (κ3) is 3.54. The van der Waals surface area contributed by atoms with Crippen LogP contribution in [0.4, 0.5) is 0 Å². The van der Waals surface area contributed by atoms with Crippen LogP contribution >= 0.6 is 11.6 Å². The predicted octanol–water partition coefficient (Wildman–Crippen LogP) is 4.24. The van der Waals surface area contributed by atoms with E-state index in [9.17, 15) is 0 Å². The topological polar surface area (TPSA) is 6.48 Å². The van der Waals surface area contributed by atoms with Crippen LogP contribution < -0.4 is 0 Å². The van der Waals surface area contributed by atoms with E-state index >= 15 is 0 Å². The molecule has 0 radical (unpaired) electrons. The van der Waals surface area contributed by atoms with Crippen LogP contribution in [0, 0.1) is 0 Å². The van der Waals surface area contributed by atoms with Gasteiger partial charge in [0.05, 0.1) is 0 Å². The van der Waals surface area contributed by atoms with E-state index in [1.807, 2.05) is 6.08 Å². The predicted molar refractivity (Wildman–Crippen MR) is 82.5 cm³/mol. The highest BCUT2D eigenvalue weighted by atomic mass is 35.5. The maximum Gasteiger partial charge on any atom is 0.179 e. The Balaban J connectivity index is 1.92. The van der Waals surface area contributed by atoms with Crippen molar-refractivity contribution in [1.82, 2.24) is 9.80 Å². The fraction of sp³-hybridized carbons (Fsp3) is 0.375. The molecule has 0 spiro atoms. The van der Waals surface area contributed by atoms with E-state index < -0.39 is 0 Å². The number of alkyl halides is 1. The molecule has 3 heteroatoms. The molecule has 0 aromatic heterocycles. The number of halogens is 1. The summed E-state index contributed by atoms with van der Waals surface area (Å²) in [4.78, 5) is 4.34. The van der Waals surface area contributed by atoms with Crippen LogP contribution in [0.2, 0.25) is 0 Å². The molecule has 1 unspecified atom stereocenters. The van der Waals surface area contributed by atoms with Gasteiger partial charge < -0.3 is 9.80 Å². The normalized spacial score (nSPS) is 18.1. The van der Waals surface area contributed by atoms with Crippen LogP contribution in [0.1, 0.15) is 30.9 Å². The molecular weight excluding hydrogens is 256 g/mol. The Morgan fingerprint density at radius 3 is 2.53 bits per heavy atom. The first-order valence-corrected chi connectivity index (χ1v) is 7.23. The van der Waals surface area contributed by atoms with Crippen molar-refractivity contribution in [2.45, 2.75) is 31.9 Å². The molecule has 0 bridgehead atoms. The van der Waals surface area contributed by atoms with E-state index in [0.29, 0.717) is 0 Å². The summed E-state index contributed by atoms with van der Waals surface area (Å²) in [7, 11) is 0. The standard InChI is InChI=1S/C16H21ClN2/c1-3-5-10-18-11-12-19(16(18)17)13-15-8-6-14(4-2)7-9-15/h4,6-9,11-12,16H,2-3,5,10,13H2,1H3. The molecule has 19 heavy (non-hydrogen) atoms. The monoisotopic (exact) mass is 276 g/mol. The lowest BCUT2D eigenvalue weighted by molar-refractivity contribution is 0.218. The summed E-state index contributed by atoms with van der Waals surface area (Å²) in [5.74, 6) is 0. The van der Waals surface area contributed by atoms with Gasteiger partial charge in [0.15, 0.2) is 5.62 Å². The summed E-state index contributed by atoms with van der Waals surface area (Å²) in [5, 5.41) is 0. The zero-order valence-corrected chi connectivity index (χ0v) is 12.2. The van der Waals surface area contributed by atoms with Crippen LogP contribution in [0.3, 0.4) is 0 Å². The lowest BCUT2D eigenvalue weighted by Crippen LogP contribution is -2.33. The third-order valence-electron chi connectivity index (χ3n) is 3.35. The highest BCUT2D eigenvalue weighted by Crippen LogP contribution is 2.22. The second kappa shape index (κ2) is 6.67. The van der Waals surface area contributed by atoms with Crippen molar-refractivity contribution < 1.29 is 0 Å². The van der Waals surface area contributed by atoms with E-state index in [4.69, 9.17) is 11.6 Å². The van der Waals surface area contributed by atoms with Crippen molar-refractivity contribution in [3.05, 3.63) is 54.4 Å². The van der Waals surface area contributed by atoms with Gasteiger partial charge in [0, 0.05) is 25.5 Å². The summed E-state index contributed by atoms with van der Waals surface area (Å²) in [6.07, 6.45) is 8.39. The van der Waals surface area contributed by atoms with Gasteiger partial charge in [-0.1, -0.05) is 61.9 Å². The Morgan fingerprint density at radius 2 is 1.89 bits per heavy atom. The second-order valence-corrected chi connectivity index (χ2v) is 5.21. The van der Waals surface area contributed by atoms with Crippen LogP contribution in [-0.4, -0.2) is 22.0 Å². The summed E-state index contributed by atoms with van der Waals surface area (Å²) >= 11 is 6.46. The Kier molecular flexibility index (Phi) is 4.92. The average molecular weight is 277 g/mol. The molecule has 1 aromatic rings. The molecule has 102 valence electrons. The molecular formula is C16H21ClN2. The van der Waals surface area contributed by atoms with E-state index in [-0.39, 0.29) is 5.62 Å². The van der Waals surface area contributed by atoms with Crippen molar-refractivity contribution >= 4 is 17.7 Å². The van der Waals surface area contributed by atoms with Gasteiger partial charge in [-0.25, -0.2) is 0 Å². The molecule has 1 aliphatic rings. The number of rotatable bonds is 6. The zero-order valence-electron chi connectivity index (χ0n) is 11.4. The van der Waals surface area contributed by atoms with Crippen molar-refractivity contribution in [1.29, 1.82) is 0 Å². The summed E-state index contributed by atoms with van der Waals surface area (Å²) in [6.45, 7) is 7.82. The maximum atomic E-state index is 6.46. The average Bonchev–Trinajstić information content (AvgIpc) is 2.78. The molecule has 0 amide bonds. The lowest BCUT2D eigenvalue weighted by atomic mass is 10.1. The smallest absolute Gasteiger partial charge is 0.179 e. The molecule has 0 aliphatic carbocycles. The van der Waals surface area contributed by atoms with E-state index in [1.165, 1.54) is 18.4 Å². The largest absolute Gasteiger partial charge is 0.344 e. The maximum absolute atomic E-state index is 6.46. The number of hydrogen-bond acceptors (Lipinski definition) is 2. The van der Waals surface area contributed by atoms with Gasteiger partial charge in [-0.15, -0.1) is 0 Å². The Hall–Kier alpha value is -1.41. The second-order valence-electron chi connectivity index (χ2n) is 4.82. The van der Waals surface area contributed by atoms with Crippen molar-refractivity contribution in [2.75, 3.05) is 6.54 Å². The molecule has 0 N–H and O–H groups in total. The molecule has 1 aromatic carbocycles. The summed E-state index contributed by atoms with van der Waals surface area (Å²) in [6, 6.07) is 8.42. The lowest BCUT2D eigenvalue weighted by Gasteiger charge is -2.27. The van der Waals surface area contributed by atoms with E-state index in [2.05, 4.69) is 60.0 Å². The minimum absolute atomic E-state index is 0.0642. The van der Waals surface area contributed by atoms with Crippen molar-refractivity contribution in [3.8, 4) is 0 Å². The van der Waals surface area contributed by atoms with E-state index in [0.717, 1.165) is 18.7 Å². The van der Waals surface area contributed by atoms with Crippen LogP contribution in [0.15, 0.2) is 43.2 Å². The first-order chi connectivity index (χ1) is 9.24. The van der Waals surface area contributed by atoms with E-state index in [1.54, 1.807) is 0 Å². The van der Waals surface area contributed by atoms with Gasteiger partial charge in [-0.05, 0) is 17.5 Å². The number of benzene rings is 1. The SMILES string of the molecule is C=Cc1ccc(CN2C=CN(CCCC)C2Cl)cc1. The molecule has 0 saturated carbocycles. The summed E-state index contributed by atoms with van der Waals surface area (Å²) in [5.41, 5.74) is 2.34. The van der Waals surface area contributed by atoms with Crippen molar-refractivity contribution in [3.63, 3.8) is 0 Å². The third-order valence-corrected chi connectivity index (χ3v) is 3.85. The molecule has 1 aliphatic heterocycles. The van der Waals surface area contributed by atoms with Gasteiger partial charge >= 0.3 is 0 Å². The van der Waals surface area contributed by atoms with Crippen LogP contribution in [0.25, 0.3) is 6.08 Å². The minimum Gasteiger partial charge on any atom is -0.344 e.